The number of nitrogens with zero attached hydrogens (tertiary/aromatic N) is 4. The summed E-state index contributed by atoms with van der Waals surface area (Å²) in [6.45, 7) is 0. The first-order chi connectivity index (χ1) is 30.3. The van der Waals surface area contributed by atoms with Crippen molar-refractivity contribution in [2.75, 3.05) is 0 Å². The third-order valence-electron chi connectivity index (χ3n) is 12.3. The highest BCUT2D eigenvalue weighted by molar-refractivity contribution is 6.26. The van der Waals surface area contributed by atoms with Crippen molar-refractivity contribution in [3.63, 3.8) is 0 Å². The fraction of sp³-hybridized carbons (Fsp3) is 0. The minimum absolute atomic E-state index is 0.599. The summed E-state index contributed by atoms with van der Waals surface area (Å²) >= 11 is 0. The SMILES string of the molecule is c1ccc(-c2nc(-n3c4ccccc4c4c(-c5ccc(-c6ccc7c(c6)c6ccccc6n7-c6ccccc6)cc5)cc5c6ccccc6oc5c43)nc3ccccc23)cc1. The molecule has 0 atom stereocenters. The van der Waals surface area contributed by atoms with Crippen LogP contribution in [0.3, 0.4) is 0 Å². The summed E-state index contributed by atoms with van der Waals surface area (Å²) in [5.41, 5.74) is 14.6. The smallest absolute Gasteiger partial charge is 0.235 e. The highest BCUT2D eigenvalue weighted by atomic mass is 16.3. The van der Waals surface area contributed by atoms with Crippen LogP contribution < -0.4 is 0 Å². The number of hydrogen-bond acceptors (Lipinski definition) is 3. The van der Waals surface area contributed by atoms with E-state index in [0.717, 1.165) is 88.3 Å². The number of hydrogen-bond donors (Lipinski definition) is 0. The van der Waals surface area contributed by atoms with Crippen molar-refractivity contribution in [2.24, 2.45) is 0 Å². The van der Waals surface area contributed by atoms with E-state index >= 15 is 0 Å². The summed E-state index contributed by atoms with van der Waals surface area (Å²) < 4.78 is 11.4. The molecule has 0 bridgehead atoms. The van der Waals surface area contributed by atoms with Gasteiger partial charge >= 0.3 is 0 Å². The van der Waals surface area contributed by atoms with E-state index in [1.807, 2.05) is 18.2 Å². The van der Waals surface area contributed by atoms with Crippen LogP contribution >= 0.6 is 0 Å². The Morgan fingerprint density at radius 2 is 0.984 bits per heavy atom. The van der Waals surface area contributed by atoms with Crippen LogP contribution in [-0.2, 0) is 0 Å². The van der Waals surface area contributed by atoms with E-state index in [1.54, 1.807) is 0 Å². The van der Waals surface area contributed by atoms with Crippen LogP contribution in [0.25, 0.3) is 122 Å². The van der Waals surface area contributed by atoms with Crippen molar-refractivity contribution < 1.29 is 4.42 Å². The Morgan fingerprint density at radius 3 is 1.79 bits per heavy atom. The van der Waals surface area contributed by atoms with Crippen LogP contribution in [0, 0.1) is 0 Å². The van der Waals surface area contributed by atoms with E-state index in [4.69, 9.17) is 14.4 Å². The van der Waals surface area contributed by atoms with Gasteiger partial charge in [-0.1, -0.05) is 152 Å². The predicted molar refractivity (Wildman–Crippen MR) is 252 cm³/mol. The molecule has 5 nitrogen and oxygen atoms in total. The van der Waals surface area contributed by atoms with E-state index in [2.05, 4.69) is 197 Å². The van der Waals surface area contributed by atoms with E-state index in [0.29, 0.717) is 5.95 Å². The molecule has 13 rings (SSSR count). The Balaban J connectivity index is 1.04. The molecule has 4 heterocycles. The van der Waals surface area contributed by atoms with Gasteiger partial charge in [-0.3, -0.25) is 4.57 Å². The molecule has 0 N–H and O–H groups in total. The second-order valence-electron chi connectivity index (χ2n) is 15.7. The van der Waals surface area contributed by atoms with Crippen molar-refractivity contribution in [2.45, 2.75) is 0 Å². The fourth-order valence-corrected chi connectivity index (χ4v) is 9.59. The Kier molecular flexibility index (Phi) is 7.24. The maximum Gasteiger partial charge on any atom is 0.235 e. The molecule has 0 saturated heterocycles. The number of benzene rings is 9. The van der Waals surface area contributed by atoms with E-state index in [-0.39, 0.29) is 0 Å². The van der Waals surface area contributed by atoms with Gasteiger partial charge in [0.15, 0.2) is 5.58 Å². The number of para-hydroxylation sites is 5. The molecule has 0 fully saturated rings. The largest absolute Gasteiger partial charge is 0.454 e. The quantitative estimate of drug-likeness (QED) is 0.175. The normalized spacial score (nSPS) is 11.9. The molecule has 9 aromatic carbocycles. The topological polar surface area (TPSA) is 48.8 Å². The molecular weight excluding hydrogens is 745 g/mol. The third-order valence-corrected chi connectivity index (χ3v) is 12.3. The van der Waals surface area contributed by atoms with Gasteiger partial charge in [0.1, 0.15) is 11.1 Å². The molecule has 13 aromatic rings. The van der Waals surface area contributed by atoms with Crippen molar-refractivity contribution in [1.82, 2.24) is 19.1 Å². The Morgan fingerprint density at radius 1 is 0.377 bits per heavy atom. The maximum atomic E-state index is 6.85. The van der Waals surface area contributed by atoms with Gasteiger partial charge in [0, 0.05) is 49.0 Å². The molecule has 0 spiro atoms. The average Bonchev–Trinajstić information content (AvgIpc) is 3.99. The van der Waals surface area contributed by atoms with E-state index < -0.39 is 0 Å². The van der Waals surface area contributed by atoms with Crippen molar-refractivity contribution in [3.05, 3.63) is 206 Å². The standard InChI is InChI=1S/C56H34N4O/c1-3-15-37(16-4-1)53-42-21-7-11-23-47(42)57-56(58-53)60-49-25-13-9-22-43(49)52-44(34-46-41-20-10-14-26-51(41)61-55(46)54(52)60)36-29-27-35(28-30-36)38-31-32-50-45(33-38)40-19-8-12-24-48(40)59(50)39-17-5-2-6-18-39/h1-34H. The zero-order chi connectivity index (χ0) is 40.0. The van der Waals surface area contributed by atoms with Crippen molar-refractivity contribution >= 4 is 76.5 Å². The lowest BCUT2D eigenvalue weighted by Gasteiger charge is -2.12. The fourth-order valence-electron chi connectivity index (χ4n) is 9.59. The minimum Gasteiger partial charge on any atom is -0.454 e. The molecule has 0 saturated carbocycles. The number of rotatable bonds is 5. The molecule has 4 aromatic heterocycles. The molecule has 0 aliphatic carbocycles. The van der Waals surface area contributed by atoms with Crippen LogP contribution in [0.1, 0.15) is 0 Å². The zero-order valence-corrected chi connectivity index (χ0v) is 32.8. The molecule has 0 unspecified atom stereocenters. The van der Waals surface area contributed by atoms with E-state index in [9.17, 15) is 0 Å². The lowest BCUT2D eigenvalue weighted by Crippen LogP contribution is -2.03. The number of aromatic nitrogens is 4. The first-order valence-electron chi connectivity index (χ1n) is 20.7. The summed E-state index contributed by atoms with van der Waals surface area (Å²) in [5.74, 6) is 0.599. The molecule has 61 heavy (non-hydrogen) atoms. The molecule has 0 aliphatic rings. The monoisotopic (exact) mass is 778 g/mol. The first kappa shape index (κ1) is 33.7. The van der Waals surface area contributed by atoms with Crippen LogP contribution in [0.5, 0.6) is 0 Å². The van der Waals surface area contributed by atoms with Gasteiger partial charge in [-0.2, -0.15) is 0 Å². The predicted octanol–water partition coefficient (Wildman–Crippen LogP) is 14.7. The third kappa shape index (κ3) is 5.08. The van der Waals surface area contributed by atoms with Gasteiger partial charge < -0.3 is 8.98 Å². The molecule has 284 valence electrons. The molecule has 0 aliphatic heterocycles. The first-order valence-corrected chi connectivity index (χ1v) is 20.7. The summed E-state index contributed by atoms with van der Waals surface area (Å²) in [4.78, 5) is 10.7. The van der Waals surface area contributed by atoms with Crippen molar-refractivity contribution in [3.8, 4) is 45.1 Å². The molecule has 5 heteroatoms. The highest BCUT2D eigenvalue weighted by Gasteiger charge is 2.25. The summed E-state index contributed by atoms with van der Waals surface area (Å²) in [6.07, 6.45) is 0. The average molecular weight is 779 g/mol. The van der Waals surface area contributed by atoms with Gasteiger partial charge in [0.05, 0.1) is 27.8 Å². The van der Waals surface area contributed by atoms with Crippen molar-refractivity contribution in [1.29, 1.82) is 0 Å². The second-order valence-corrected chi connectivity index (χ2v) is 15.7. The summed E-state index contributed by atoms with van der Waals surface area (Å²) in [5, 5.41) is 7.82. The van der Waals surface area contributed by atoms with Gasteiger partial charge in [0.2, 0.25) is 5.95 Å². The Bertz CT molecular complexity index is 3860. The van der Waals surface area contributed by atoms with Gasteiger partial charge in [0.25, 0.3) is 0 Å². The lowest BCUT2D eigenvalue weighted by atomic mass is 9.94. The summed E-state index contributed by atoms with van der Waals surface area (Å²) in [7, 11) is 0. The number of furan rings is 1. The molecule has 0 radical (unpaired) electrons. The summed E-state index contributed by atoms with van der Waals surface area (Å²) in [6, 6.07) is 73.1. The Hall–Kier alpha value is -8.28. The Labute approximate surface area is 350 Å². The maximum absolute atomic E-state index is 6.85. The highest BCUT2D eigenvalue weighted by Crippen LogP contribution is 2.46. The van der Waals surface area contributed by atoms with E-state index in [1.165, 1.54) is 27.4 Å². The van der Waals surface area contributed by atoms with Crippen LogP contribution in [0.2, 0.25) is 0 Å². The van der Waals surface area contributed by atoms with Gasteiger partial charge in [-0.25, -0.2) is 9.97 Å². The van der Waals surface area contributed by atoms with Crippen LogP contribution in [-0.4, -0.2) is 19.1 Å². The van der Waals surface area contributed by atoms with Crippen LogP contribution in [0.15, 0.2) is 211 Å². The minimum atomic E-state index is 0.599. The van der Waals surface area contributed by atoms with Gasteiger partial charge in [-0.05, 0) is 76.9 Å². The second kappa shape index (κ2) is 13.1. The molecule has 0 amide bonds. The lowest BCUT2D eigenvalue weighted by molar-refractivity contribution is 0.671. The van der Waals surface area contributed by atoms with Gasteiger partial charge in [-0.15, -0.1) is 0 Å². The molecular formula is C56H34N4O. The van der Waals surface area contributed by atoms with Crippen LogP contribution in [0.4, 0.5) is 0 Å². The number of fused-ring (bicyclic) bond motifs is 11. The zero-order valence-electron chi connectivity index (χ0n) is 32.8.